The number of aryl methyl sites for hydroxylation is 1. The molecule has 4 heteroatoms. The van der Waals surface area contributed by atoms with Crippen LogP contribution >= 0.6 is 0 Å². The monoisotopic (exact) mass is 227 g/mol. The molecule has 92 valence electrons. The maximum atomic E-state index is 15.0. The molecule has 0 amide bonds. The molecule has 16 heavy (non-hydrogen) atoms. The van der Waals surface area contributed by atoms with E-state index < -0.39 is 11.1 Å². The Kier molecular flexibility index (Phi) is 3.73. The molecule has 0 aromatic carbocycles. The molecule has 2 N–H and O–H groups in total. The summed E-state index contributed by atoms with van der Waals surface area (Å²) >= 11 is 0. The van der Waals surface area contributed by atoms with Gasteiger partial charge >= 0.3 is 0 Å². The van der Waals surface area contributed by atoms with E-state index in [1.54, 1.807) is 6.20 Å². The van der Waals surface area contributed by atoms with Gasteiger partial charge in [-0.05, 0) is 6.42 Å². The third-order valence-corrected chi connectivity index (χ3v) is 3.00. The van der Waals surface area contributed by atoms with Crippen molar-refractivity contribution in [2.24, 2.45) is 11.1 Å². The molecule has 1 unspecified atom stereocenters. The number of halogens is 1. The van der Waals surface area contributed by atoms with Gasteiger partial charge in [0.15, 0.2) is 5.67 Å². The van der Waals surface area contributed by atoms with Gasteiger partial charge in [-0.3, -0.25) is 0 Å². The van der Waals surface area contributed by atoms with Gasteiger partial charge in [-0.1, -0.05) is 27.7 Å². The Morgan fingerprint density at radius 1 is 1.44 bits per heavy atom. The van der Waals surface area contributed by atoms with Crippen LogP contribution in [0.15, 0.2) is 12.4 Å². The third kappa shape index (κ3) is 2.12. The minimum Gasteiger partial charge on any atom is -0.332 e. The van der Waals surface area contributed by atoms with Crippen LogP contribution in [-0.4, -0.2) is 16.1 Å². The first-order valence-electron chi connectivity index (χ1n) is 5.77. The molecule has 0 saturated heterocycles. The smallest absolute Gasteiger partial charge is 0.185 e. The first-order valence-corrected chi connectivity index (χ1v) is 5.77. The molecule has 3 nitrogen and oxygen atoms in total. The van der Waals surface area contributed by atoms with Crippen molar-refractivity contribution in [2.75, 3.05) is 6.54 Å². The fourth-order valence-corrected chi connectivity index (χ4v) is 1.81. The van der Waals surface area contributed by atoms with Gasteiger partial charge in [0, 0.05) is 30.9 Å². The van der Waals surface area contributed by atoms with Gasteiger partial charge in [-0.15, -0.1) is 0 Å². The van der Waals surface area contributed by atoms with E-state index in [-0.39, 0.29) is 6.54 Å². The van der Waals surface area contributed by atoms with Gasteiger partial charge in [-0.25, -0.2) is 9.37 Å². The van der Waals surface area contributed by atoms with E-state index in [0.717, 1.165) is 13.0 Å². The predicted octanol–water partition coefficient (Wildman–Crippen LogP) is 2.46. The minimum atomic E-state index is -1.58. The number of alkyl halides is 1. The van der Waals surface area contributed by atoms with Crippen LogP contribution in [-0.2, 0) is 12.2 Å². The van der Waals surface area contributed by atoms with Gasteiger partial charge < -0.3 is 10.3 Å². The Labute approximate surface area is 96.9 Å². The summed E-state index contributed by atoms with van der Waals surface area (Å²) in [6.07, 6.45) is 4.41. The zero-order chi connectivity index (χ0) is 12.4. The molecule has 0 fully saturated rings. The second-order valence-corrected chi connectivity index (χ2v) is 5.20. The van der Waals surface area contributed by atoms with Crippen LogP contribution in [0, 0.1) is 5.41 Å². The second kappa shape index (κ2) is 4.53. The van der Waals surface area contributed by atoms with Crippen molar-refractivity contribution >= 4 is 0 Å². The second-order valence-electron chi connectivity index (χ2n) is 5.20. The van der Waals surface area contributed by atoms with E-state index >= 15 is 0 Å². The minimum absolute atomic E-state index is 0.0444. The average Bonchev–Trinajstić information content (AvgIpc) is 2.64. The van der Waals surface area contributed by atoms with Crippen LogP contribution in [0.2, 0.25) is 0 Å². The van der Waals surface area contributed by atoms with Crippen molar-refractivity contribution in [1.29, 1.82) is 0 Å². The summed E-state index contributed by atoms with van der Waals surface area (Å²) in [6.45, 7) is 8.35. The molecule has 0 radical (unpaired) electrons. The van der Waals surface area contributed by atoms with Crippen molar-refractivity contribution in [3.05, 3.63) is 18.2 Å². The highest BCUT2D eigenvalue weighted by Crippen LogP contribution is 2.41. The lowest BCUT2D eigenvalue weighted by Gasteiger charge is -2.36. The SMILES string of the molecule is CCCn1ccnc1C(F)(CN)C(C)(C)C. The lowest BCUT2D eigenvalue weighted by Crippen LogP contribution is -2.44. The van der Waals surface area contributed by atoms with Crippen LogP contribution in [0.25, 0.3) is 0 Å². The predicted molar refractivity (Wildman–Crippen MR) is 63.8 cm³/mol. The highest BCUT2D eigenvalue weighted by molar-refractivity contribution is 5.11. The van der Waals surface area contributed by atoms with E-state index in [9.17, 15) is 4.39 Å². The van der Waals surface area contributed by atoms with Crippen molar-refractivity contribution in [3.8, 4) is 0 Å². The Balaban J connectivity index is 3.18. The summed E-state index contributed by atoms with van der Waals surface area (Å²) in [7, 11) is 0. The molecular formula is C12H22FN3. The number of nitrogens with two attached hydrogens (primary N) is 1. The number of aromatic nitrogens is 2. The summed E-state index contributed by atoms with van der Waals surface area (Å²) in [4.78, 5) is 4.15. The molecule has 1 rings (SSSR count). The molecule has 0 spiro atoms. The molecule has 1 aromatic rings. The summed E-state index contributed by atoms with van der Waals surface area (Å²) in [5.74, 6) is 0.448. The number of imidazole rings is 1. The molecule has 0 saturated carbocycles. The first kappa shape index (κ1) is 13.2. The lowest BCUT2D eigenvalue weighted by atomic mass is 9.77. The summed E-state index contributed by atoms with van der Waals surface area (Å²) in [5, 5.41) is 0. The molecule has 0 bridgehead atoms. The largest absolute Gasteiger partial charge is 0.332 e. The van der Waals surface area contributed by atoms with Gasteiger partial charge in [0.2, 0.25) is 0 Å². The van der Waals surface area contributed by atoms with E-state index in [4.69, 9.17) is 5.73 Å². The number of hydrogen-bond acceptors (Lipinski definition) is 2. The van der Waals surface area contributed by atoms with Crippen molar-refractivity contribution in [3.63, 3.8) is 0 Å². The van der Waals surface area contributed by atoms with Crippen molar-refractivity contribution in [1.82, 2.24) is 9.55 Å². The molecule has 0 aliphatic carbocycles. The van der Waals surface area contributed by atoms with E-state index in [2.05, 4.69) is 11.9 Å². The van der Waals surface area contributed by atoms with Gasteiger partial charge in [-0.2, -0.15) is 0 Å². The maximum absolute atomic E-state index is 15.0. The molecular weight excluding hydrogens is 205 g/mol. The van der Waals surface area contributed by atoms with Crippen LogP contribution in [0.3, 0.4) is 0 Å². The van der Waals surface area contributed by atoms with Crippen LogP contribution in [0.4, 0.5) is 4.39 Å². The van der Waals surface area contributed by atoms with Crippen molar-refractivity contribution in [2.45, 2.75) is 46.3 Å². The molecule has 0 aliphatic rings. The highest BCUT2D eigenvalue weighted by atomic mass is 19.1. The standard InChI is InChI=1S/C12H22FN3/c1-5-7-16-8-6-15-10(16)12(13,9-14)11(2,3)4/h6,8H,5,7,9,14H2,1-4H3. The fraction of sp³-hybridized carbons (Fsp3) is 0.750. The molecule has 0 aliphatic heterocycles. The zero-order valence-electron chi connectivity index (χ0n) is 10.6. The van der Waals surface area contributed by atoms with Crippen LogP contribution in [0.1, 0.15) is 39.9 Å². The Bertz CT molecular complexity index is 340. The summed E-state index contributed by atoms with van der Waals surface area (Å²) in [6, 6.07) is 0. The van der Waals surface area contributed by atoms with E-state index in [1.807, 2.05) is 31.5 Å². The molecule has 1 aromatic heterocycles. The van der Waals surface area contributed by atoms with E-state index in [0.29, 0.717) is 5.82 Å². The third-order valence-electron chi connectivity index (χ3n) is 3.00. The topological polar surface area (TPSA) is 43.8 Å². The van der Waals surface area contributed by atoms with Crippen molar-refractivity contribution < 1.29 is 4.39 Å². The Morgan fingerprint density at radius 3 is 2.50 bits per heavy atom. The number of hydrogen-bond donors (Lipinski definition) is 1. The lowest BCUT2D eigenvalue weighted by molar-refractivity contribution is 0.0218. The maximum Gasteiger partial charge on any atom is 0.185 e. The number of nitrogens with zero attached hydrogens (tertiary/aromatic N) is 2. The average molecular weight is 227 g/mol. The zero-order valence-corrected chi connectivity index (χ0v) is 10.6. The first-order chi connectivity index (χ1) is 7.36. The fourth-order valence-electron chi connectivity index (χ4n) is 1.81. The van der Waals surface area contributed by atoms with Gasteiger partial charge in [0.1, 0.15) is 5.82 Å². The normalized spacial score (nSPS) is 16.1. The Morgan fingerprint density at radius 2 is 2.06 bits per heavy atom. The van der Waals surface area contributed by atoms with Crippen LogP contribution in [0.5, 0.6) is 0 Å². The van der Waals surface area contributed by atoms with E-state index in [1.165, 1.54) is 0 Å². The Hall–Kier alpha value is -0.900. The summed E-state index contributed by atoms with van der Waals surface area (Å²) in [5.41, 5.74) is 3.49. The van der Waals surface area contributed by atoms with Crippen LogP contribution < -0.4 is 5.73 Å². The molecule has 1 atom stereocenters. The summed E-state index contributed by atoms with van der Waals surface area (Å²) < 4.78 is 16.8. The van der Waals surface area contributed by atoms with Gasteiger partial charge in [0.05, 0.1) is 0 Å². The number of rotatable bonds is 4. The quantitative estimate of drug-likeness (QED) is 0.858. The molecule has 1 heterocycles. The highest BCUT2D eigenvalue weighted by Gasteiger charge is 2.46. The van der Waals surface area contributed by atoms with Gasteiger partial charge in [0.25, 0.3) is 0 Å².